The second-order valence-electron chi connectivity index (χ2n) is 7.36. The van der Waals surface area contributed by atoms with Crippen LogP contribution in [-0.2, 0) is 7.05 Å². The van der Waals surface area contributed by atoms with Gasteiger partial charge in [0.2, 0.25) is 0 Å². The summed E-state index contributed by atoms with van der Waals surface area (Å²) in [6.07, 6.45) is 1.98. The predicted molar refractivity (Wildman–Crippen MR) is 123 cm³/mol. The monoisotopic (exact) mass is 405 g/mol. The summed E-state index contributed by atoms with van der Waals surface area (Å²) in [5.41, 5.74) is 11.8. The van der Waals surface area contributed by atoms with Gasteiger partial charge in [-0.2, -0.15) is 0 Å². The molecule has 5 rings (SSSR count). The molecule has 0 bridgehead atoms. The lowest BCUT2D eigenvalue weighted by molar-refractivity contribution is 0.906. The number of hydrogen-bond acceptors (Lipinski definition) is 4. The van der Waals surface area contributed by atoms with Gasteiger partial charge in [-0.1, -0.05) is 12.0 Å². The maximum atomic E-state index is 11.8. The van der Waals surface area contributed by atoms with Gasteiger partial charge in [-0.05, 0) is 66.8 Å². The highest BCUT2D eigenvalue weighted by molar-refractivity contribution is 5.81. The van der Waals surface area contributed by atoms with Crippen molar-refractivity contribution < 1.29 is 0 Å². The number of imidazole rings is 1. The summed E-state index contributed by atoms with van der Waals surface area (Å²) >= 11 is 0. The fourth-order valence-electron chi connectivity index (χ4n) is 3.79. The van der Waals surface area contributed by atoms with Gasteiger partial charge in [0.1, 0.15) is 17.2 Å². The SMILES string of the molecule is Cc1nc2ccccn2c1-c1ccc(N)nc1C#Cc1ccc2c(ccc(=O)n2C)c1. The first-order valence-corrected chi connectivity index (χ1v) is 9.84. The van der Waals surface area contributed by atoms with Crippen LogP contribution in [-0.4, -0.2) is 18.9 Å². The molecule has 0 radical (unpaired) electrons. The smallest absolute Gasteiger partial charge is 0.250 e. The Kier molecular flexibility index (Phi) is 4.30. The van der Waals surface area contributed by atoms with E-state index in [0.717, 1.165) is 39.1 Å². The van der Waals surface area contributed by atoms with Crippen molar-refractivity contribution in [1.82, 2.24) is 18.9 Å². The van der Waals surface area contributed by atoms with Gasteiger partial charge in [0, 0.05) is 30.4 Å². The van der Waals surface area contributed by atoms with E-state index >= 15 is 0 Å². The molecular weight excluding hydrogens is 386 g/mol. The maximum absolute atomic E-state index is 11.8. The number of pyridine rings is 3. The van der Waals surface area contributed by atoms with Crippen LogP contribution in [0.4, 0.5) is 5.82 Å². The number of nitrogens with zero attached hydrogens (tertiary/aromatic N) is 4. The summed E-state index contributed by atoms with van der Waals surface area (Å²) in [5.74, 6) is 6.80. The molecule has 0 aliphatic rings. The second kappa shape index (κ2) is 7.15. The van der Waals surface area contributed by atoms with Gasteiger partial charge >= 0.3 is 0 Å². The topological polar surface area (TPSA) is 78.2 Å². The lowest BCUT2D eigenvalue weighted by Gasteiger charge is -2.07. The van der Waals surface area contributed by atoms with Crippen LogP contribution in [0.25, 0.3) is 27.8 Å². The molecule has 0 aliphatic carbocycles. The highest BCUT2D eigenvalue weighted by Crippen LogP contribution is 2.27. The minimum absolute atomic E-state index is 0.0386. The number of aromatic nitrogens is 4. The molecule has 0 atom stereocenters. The molecule has 0 amide bonds. The predicted octanol–water partition coefficient (Wildman–Crippen LogP) is 3.54. The molecule has 6 nitrogen and oxygen atoms in total. The molecule has 4 aromatic heterocycles. The Morgan fingerprint density at radius 3 is 2.71 bits per heavy atom. The molecule has 1 aromatic carbocycles. The Balaban J connectivity index is 1.65. The number of hydrogen-bond donors (Lipinski definition) is 1. The molecule has 0 fully saturated rings. The van der Waals surface area contributed by atoms with E-state index in [-0.39, 0.29) is 5.56 Å². The quantitative estimate of drug-likeness (QED) is 0.433. The van der Waals surface area contributed by atoms with Gasteiger partial charge in [0.15, 0.2) is 0 Å². The molecule has 4 heterocycles. The molecule has 0 unspecified atom stereocenters. The minimum Gasteiger partial charge on any atom is -0.384 e. The van der Waals surface area contributed by atoms with Crippen LogP contribution in [0.2, 0.25) is 0 Å². The second-order valence-corrected chi connectivity index (χ2v) is 7.36. The van der Waals surface area contributed by atoms with Crippen LogP contribution in [0.15, 0.2) is 71.7 Å². The largest absolute Gasteiger partial charge is 0.384 e. The molecule has 0 saturated carbocycles. The van der Waals surface area contributed by atoms with E-state index in [4.69, 9.17) is 5.73 Å². The Bertz CT molecular complexity index is 1600. The van der Waals surface area contributed by atoms with E-state index in [1.807, 2.05) is 66.1 Å². The average molecular weight is 405 g/mol. The van der Waals surface area contributed by atoms with Gasteiger partial charge in [-0.15, -0.1) is 0 Å². The van der Waals surface area contributed by atoms with Crippen molar-refractivity contribution in [3.63, 3.8) is 0 Å². The number of rotatable bonds is 1. The molecule has 6 heteroatoms. The van der Waals surface area contributed by atoms with Crippen LogP contribution in [0.5, 0.6) is 0 Å². The summed E-state index contributed by atoms with van der Waals surface area (Å²) < 4.78 is 3.65. The molecule has 150 valence electrons. The van der Waals surface area contributed by atoms with E-state index in [0.29, 0.717) is 11.5 Å². The third-order valence-electron chi connectivity index (χ3n) is 5.33. The zero-order valence-electron chi connectivity index (χ0n) is 17.1. The Hall–Kier alpha value is -4.37. The van der Waals surface area contributed by atoms with Crippen molar-refractivity contribution in [1.29, 1.82) is 0 Å². The highest BCUT2D eigenvalue weighted by atomic mass is 16.1. The molecule has 5 aromatic rings. The van der Waals surface area contributed by atoms with Crippen LogP contribution in [0, 0.1) is 18.8 Å². The van der Waals surface area contributed by atoms with E-state index in [1.165, 1.54) is 0 Å². The third kappa shape index (κ3) is 3.22. The van der Waals surface area contributed by atoms with Crippen molar-refractivity contribution in [2.24, 2.45) is 7.05 Å². The number of nitrogens with two attached hydrogens (primary N) is 1. The molecule has 0 saturated heterocycles. The molecule has 0 aliphatic heterocycles. The van der Waals surface area contributed by atoms with E-state index in [1.54, 1.807) is 23.7 Å². The van der Waals surface area contributed by atoms with Gasteiger partial charge < -0.3 is 10.3 Å². The molecular formula is C25H19N5O. The van der Waals surface area contributed by atoms with Crippen molar-refractivity contribution in [2.45, 2.75) is 6.92 Å². The van der Waals surface area contributed by atoms with Gasteiger partial charge in [-0.3, -0.25) is 9.20 Å². The van der Waals surface area contributed by atoms with Gasteiger partial charge in [0.05, 0.1) is 16.9 Å². The zero-order valence-corrected chi connectivity index (χ0v) is 17.1. The van der Waals surface area contributed by atoms with Gasteiger partial charge in [0.25, 0.3) is 5.56 Å². The first-order chi connectivity index (χ1) is 15.0. The number of aryl methyl sites for hydroxylation is 2. The fraction of sp³-hybridized carbons (Fsp3) is 0.0800. The first-order valence-electron chi connectivity index (χ1n) is 9.84. The number of anilines is 1. The van der Waals surface area contributed by atoms with Crippen LogP contribution in [0.3, 0.4) is 0 Å². The third-order valence-corrected chi connectivity index (χ3v) is 5.33. The summed E-state index contributed by atoms with van der Waals surface area (Å²) in [7, 11) is 1.76. The highest BCUT2D eigenvalue weighted by Gasteiger charge is 2.14. The maximum Gasteiger partial charge on any atom is 0.250 e. The summed E-state index contributed by atoms with van der Waals surface area (Å²) in [5, 5.41) is 0.951. The summed E-state index contributed by atoms with van der Waals surface area (Å²) in [6, 6.07) is 18.8. The van der Waals surface area contributed by atoms with Crippen molar-refractivity contribution in [2.75, 3.05) is 5.73 Å². The lowest BCUT2D eigenvalue weighted by Crippen LogP contribution is -2.14. The van der Waals surface area contributed by atoms with E-state index in [9.17, 15) is 4.79 Å². The molecule has 31 heavy (non-hydrogen) atoms. The minimum atomic E-state index is -0.0386. The van der Waals surface area contributed by atoms with Crippen molar-refractivity contribution >= 4 is 22.4 Å². The van der Waals surface area contributed by atoms with Crippen LogP contribution >= 0.6 is 0 Å². The van der Waals surface area contributed by atoms with Crippen molar-refractivity contribution in [3.8, 4) is 23.1 Å². The van der Waals surface area contributed by atoms with Crippen LogP contribution < -0.4 is 11.3 Å². The van der Waals surface area contributed by atoms with Crippen LogP contribution in [0.1, 0.15) is 17.0 Å². The summed E-state index contributed by atoms with van der Waals surface area (Å²) in [4.78, 5) is 21.0. The number of fused-ring (bicyclic) bond motifs is 2. The first kappa shape index (κ1) is 18.6. The normalized spacial score (nSPS) is 10.9. The molecule has 2 N–H and O–H groups in total. The standard InChI is InChI=1S/C25H19N5O/c1-16-25(30-14-4-3-5-23(30)27-16)19-9-12-22(26)28-20(19)10-6-17-7-11-21-18(15-17)8-13-24(31)29(21)2/h3-5,7-9,11-15H,1-2H3,(H2,26,28). The lowest BCUT2D eigenvalue weighted by atomic mass is 10.1. The number of nitrogen functional groups attached to an aromatic ring is 1. The van der Waals surface area contributed by atoms with E-state index in [2.05, 4.69) is 21.8 Å². The summed E-state index contributed by atoms with van der Waals surface area (Å²) in [6.45, 7) is 1.98. The Morgan fingerprint density at radius 1 is 0.968 bits per heavy atom. The Morgan fingerprint density at radius 2 is 1.84 bits per heavy atom. The number of benzene rings is 1. The van der Waals surface area contributed by atoms with E-state index < -0.39 is 0 Å². The zero-order chi connectivity index (χ0) is 21.5. The Labute approximate surface area is 178 Å². The molecule has 0 spiro atoms. The van der Waals surface area contributed by atoms with Crippen molar-refractivity contribution in [3.05, 3.63) is 94.2 Å². The average Bonchev–Trinajstić information content (AvgIpc) is 3.10. The van der Waals surface area contributed by atoms with Gasteiger partial charge in [-0.25, -0.2) is 9.97 Å². The fourth-order valence-corrected chi connectivity index (χ4v) is 3.79.